The number of carbonyl (C=O) groups excluding carboxylic acids is 1. The number of nitrogens with zero attached hydrogens (tertiary/aromatic N) is 4. The molecule has 1 fully saturated rings. The van der Waals surface area contributed by atoms with Gasteiger partial charge in [0.25, 0.3) is 0 Å². The molecule has 0 radical (unpaired) electrons. The first-order valence-corrected chi connectivity index (χ1v) is 11.8. The van der Waals surface area contributed by atoms with Gasteiger partial charge in [-0.3, -0.25) is 9.78 Å². The van der Waals surface area contributed by atoms with E-state index in [1.54, 1.807) is 6.20 Å². The lowest BCUT2D eigenvalue weighted by Gasteiger charge is -2.33. The molecule has 1 atom stereocenters. The van der Waals surface area contributed by atoms with Crippen molar-refractivity contribution in [1.29, 1.82) is 0 Å². The Bertz CT molecular complexity index is 1060. The van der Waals surface area contributed by atoms with Gasteiger partial charge in [-0.05, 0) is 56.2 Å². The minimum Gasteiger partial charge on any atom is -0.356 e. The molecule has 2 aliphatic rings. The zero-order valence-electron chi connectivity index (χ0n) is 17.4. The van der Waals surface area contributed by atoms with Crippen molar-refractivity contribution in [1.82, 2.24) is 20.3 Å². The molecule has 30 heavy (non-hydrogen) atoms. The van der Waals surface area contributed by atoms with Crippen LogP contribution < -0.4 is 10.2 Å². The fourth-order valence-corrected chi connectivity index (χ4v) is 5.86. The summed E-state index contributed by atoms with van der Waals surface area (Å²) < 4.78 is 0. The van der Waals surface area contributed by atoms with Crippen molar-refractivity contribution in [2.45, 2.75) is 45.4 Å². The van der Waals surface area contributed by atoms with Gasteiger partial charge in [-0.15, -0.1) is 11.3 Å². The summed E-state index contributed by atoms with van der Waals surface area (Å²) in [4.78, 5) is 31.7. The number of carbonyl (C=O) groups is 1. The highest BCUT2D eigenvalue weighted by Gasteiger charge is 2.30. The quantitative estimate of drug-likeness (QED) is 0.675. The molecule has 0 aromatic carbocycles. The first-order chi connectivity index (χ1) is 14.7. The van der Waals surface area contributed by atoms with Crippen molar-refractivity contribution in [2.24, 2.45) is 5.92 Å². The predicted molar refractivity (Wildman–Crippen MR) is 121 cm³/mol. The van der Waals surface area contributed by atoms with E-state index in [9.17, 15) is 4.79 Å². The van der Waals surface area contributed by atoms with Crippen LogP contribution in [0.4, 0.5) is 5.82 Å². The van der Waals surface area contributed by atoms with E-state index in [0.29, 0.717) is 0 Å². The molecule has 0 saturated carbocycles. The van der Waals surface area contributed by atoms with Crippen LogP contribution >= 0.6 is 11.3 Å². The Kier molecular flexibility index (Phi) is 5.37. The van der Waals surface area contributed by atoms with E-state index in [1.807, 2.05) is 29.7 Å². The molecule has 1 aliphatic carbocycles. The summed E-state index contributed by atoms with van der Waals surface area (Å²) in [6, 6.07) is 3.93. The average molecular weight is 422 g/mol. The Labute approximate surface area is 180 Å². The number of fused-ring (bicyclic) bond motifs is 3. The molecule has 3 aromatic heterocycles. The molecule has 1 saturated heterocycles. The molecule has 1 N–H and O–H groups in total. The Morgan fingerprint density at radius 1 is 1.30 bits per heavy atom. The molecule has 0 spiro atoms. The zero-order valence-corrected chi connectivity index (χ0v) is 18.2. The summed E-state index contributed by atoms with van der Waals surface area (Å²) in [6.45, 7) is 4.48. The maximum absolute atomic E-state index is 12.6. The van der Waals surface area contributed by atoms with Gasteiger partial charge >= 0.3 is 0 Å². The SMILES string of the molecule is CCCNC(=O)C1CCCN(c2nc(-c3cccnc3)nc3sc4c(c23)CCC4)C1. The Balaban J connectivity index is 1.56. The van der Waals surface area contributed by atoms with Crippen LogP contribution in [0.3, 0.4) is 0 Å². The lowest BCUT2D eigenvalue weighted by atomic mass is 9.96. The standard InChI is InChI=1S/C23H27N5OS/c1-2-10-25-22(29)16-7-5-12-28(14-16)21-19-17-8-3-9-18(17)30-23(19)27-20(26-21)15-6-4-11-24-13-15/h4,6,11,13,16H,2-3,5,7-10,12,14H2,1H3,(H,25,29). The number of thiophene rings is 1. The van der Waals surface area contributed by atoms with Gasteiger partial charge in [0.1, 0.15) is 10.6 Å². The van der Waals surface area contributed by atoms with Gasteiger partial charge in [-0.25, -0.2) is 9.97 Å². The van der Waals surface area contributed by atoms with Crippen molar-refractivity contribution < 1.29 is 4.79 Å². The van der Waals surface area contributed by atoms with Crippen LogP contribution in [0.1, 0.15) is 43.0 Å². The largest absolute Gasteiger partial charge is 0.356 e. The third kappa shape index (κ3) is 3.55. The Morgan fingerprint density at radius 2 is 2.23 bits per heavy atom. The van der Waals surface area contributed by atoms with Gasteiger partial charge in [0.05, 0.1) is 11.3 Å². The molecule has 7 heteroatoms. The van der Waals surface area contributed by atoms with Crippen LogP contribution in [0, 0.1) is 5.92 Å². The van der Waals surface area contributed by atoms with Crippen LogP contribution in [-0.2, 0) is 17.6 Å². The predicted octanol–water partition coefficient (Wildman–Crippen LogP) is 3.98. The van der Waals surface area contributed by atoms with E-state index in [4.69, 9.17) is 9.97 Å². The molecule has 3 aromatic rings. The van der Waals surface area contributed by atoms with Crippen LogP contribution in [0.25, 0.3) is 21.6 Å². The Morgan fingerprint density at radius 3 is 3.07 bits per heavy atom. The number of rotatable bonds is 5. The second kappa shape index (κ2) is 8.30. The molecule has 156 valence electrons. The van der Waals surface area contributed by atoms with Crippen molar-refractivity contribution in [3.05, 3.63) is 35.0 Å². The van der Waals surface area contributed by atoms with Crippen molar-refractivity contribution in [3.63, 3.8) is 0 Å². The number of aromatic nitrogens is 3. The van der Waals surface area contributed by atoms with Crippen LogP contribution in [0.2, 0.25) is 0 Å². The molecule has 0 bridgehead atoms. The molecule has 1 unspecified atom stereocenters. The maximum atomic E-state index is 12.6. The summed E-state index contributed by atoms with van der Waals surface area (Å²) in [5, 5.41) is 4.30. The summed E-state index contributed by atoms with van der Waals surface area (Å²) in [7, 11) is 0. The smallest absolute Gasteiger partial charge is 0.224 e. The molecule has 4 heterocycles. The Hall–Kier alpha value is -2.54. The van der Waals surface area contributed by atoms with Gasteiger partial charge < -0.3 is 10.2 Å². The molecule has 1 aliphatic heterocycles. The fourth-order valence-electron chi connectivity index (χ4n) is 4.61. The molecular formula is C23H27N5OS. The summed E-state index contributed by atoms with van der Waals surface area (Å²) >= 11 is 1.81. The van der Waals surface area contributed by atoms with Gasteiger partial charge in [0.2, 0.25) is 5.91 Å². The number of hydrogen-bond acceptors (Lipinski definition) is 6. The normalized spacial score (nSPS) is 18.6. The topological polar surface area (TPSA) is 71.0 Å². The fraction of sp³-hybridized carbons (Fsp3) is 0.478. The van der Waals surface area contributed by atoms with Gasteiger partial charge in [0, 0.05) is 42.5 Å². The van der Waals surface area contributed by atoms with E-state index in [-0.39, 0.29) is 11.8 Å². The van der Waals surface area contributed by atoms with Crippen LogP contribution in [0.5, 0.6) is 0 Å². The van der Waals surface area contributed by atoms with Crippen LogP contribution in [0.15, 0.2) is 24.5 Å². The molecule has 6 nitrogen and oxygen atoms in total. The highest BCUT2D eigenvalue weighted by Crippen LogP contribution is 2.42. The van der Waals surface area contributed by atoms with Gasteiger partial charge in [0.15, 0.2) is 5.82 Å². The maximum Gasteiger partial charge on any atom is 0.224 e. The lowest BCUT2D eigenvalue weighted by molar-refractivity contribution is -0.125. The highest BCUT2D eigenvalue weighted by atomic mass is 32.1. The first kappa shape index (κ1) is 19.4. The number of anilines is 1. The van der Waals surface area contributed by atoms with Gasteiger partial charge in [-0.1, -0.05) is 6.92 Å². The highest BCUT2D eigenvalue weighted by molar-refractivity contribution is 7.19. The van der Waals surface area contributed by atoms with Crippen molar-refractivity contribution in [2.75, 3.05) is 24.5 Å². The van der Waals surface area contributed by atoms with E-state index in [0.717, 1.165) is 73.8 Å². The summed E-state index contributed by atoms with van der Waals surface area (Å²) in [5.74, 6) is 1.92. The van der Waals surface area contributed by atoms with Crippen molar-refractivity contribution >= 4 is 33.3 Å². The first-order valence-electron chi connectivity index (χ1n) is 11.0. The van der Waals surface area contributed by atoms with E-state index in [1.165, 1.54) is 22.2 Å². The minimum absolute atomic E-state index is 0.0174. The lowest BCUT2D eigenvalue weighted by Crippen LogP contribution is -2.43. The monoisotopic (exact) mass is 421 g/mol. The minimum atomic E-state index is 0.0174. The number of piperidine rings is 1. The van der Waals surface area contributed by atoms with Gasteiger partial charge in [-0.2, -0.15) is 0 Å². The third-order valence-electron chi connectivity index (χ3n) is 6.11. The van der Waals surface area contributed by atoms with E-state index >= 15 is 0 Å². The third-order valence-corrected chi connectivity index (χ3v) is 7.29. The van der Waals surface area contributed by atoms with Crippen molar-refractivity contribution in [3.8, 4) is 11.4 Å². The summed E-state index contributed by atoms with van der Waals surface area (Å²) in [5.41, 5.74) is 2.36. The van der Waals surface area contributed by atoms with Crippen LogP contribution in [-0.4, -0.2) is 40.5 Å². The summed E-state index contributed by atoms with van der Waals surface area (Å²) in [6.07, 6.45) is 9.96. The second-order valence-corrected chi connectivity index (χ2v) is 9.31. The molecule has 5 rings (SSSR count). The van der Waals surface area contributed by atoms with E-state index in [2.05, 4.69) is 22.1 Å². The average Bonchev–Trinajstić information content (AvgIpc) is 3.38. The number of amides is 1. The molecular weight excluding hydrogens is 394 g/mol. The number of aryl methyl sites for hydroxylation is 2. The number of pyridine rings is 1. The second-order valence-electron chi connectivity index (χ2n) is 8.23. The number of nitrogens with one attached hydrogen (secondary N) is 1. The molecule has 1 amide bonds. The number of hydrogen-bond donors (Lipinski definition) is 1. The van der Waals surface area contributed by atoms with E-state index < -0.39 is 0 Å². The zero-order chi connectivity index (χ0) is 20.5.